The second-order valence-electron chi connectivity index (χ2n) is 4.97. The Morgan fingerprint density at radius 1 is 1.00 bits per heavy atom. The van der Waals surface area contributed by atoms with Crippen LogP contribution in [0.25, 0.3) is 17.2 Å². The van der Waals surface area contributed by atoms with E-state index in [4.69, 9.17) is 0 Å². The van der Waals surface area contributed by atoms with Crippen LogP contribution in [0.4, 0.5) is 0 Å². The summed E-state index contributed by atoms with van der Waals surface area (Å²) >= 11 is -0.319. The fraction of sp³-hybridized carbons (Fsp3) is 0.222. The second-order valence-corrected chi connectivity index (χ2v) is 7.81. The van der Waals surface area contributed by atoms with Gasteiger partial charge in [-0.15, -0.1) is 0 Å². The van der Waals surface area contributed by atoms with Gasteiger partial charge in [0, 0.05) is 0 Å². The Morgan fingerprint density at radius 2 is 1.79 bits per heavy atom. The van der Waals surface area contributed by atoms with Gasteiger partial charge in [-0.3, -0.25) is 0 Å². The molecular weight excluding hydrogens is 307 g/mol. The molecule has 0 nitrogen and oxygen atoms in total. The van der Waals surface area contributed by atoms with Gasteiger partial charge in [-0.25, -0.2) is 0 Å². The number of hydrogen-bond acceptors (Lipinski definition) is 0. The first-order valence-corrected chi connectivity index (χ1v) is 10.8. The van der Waals surface area contributed by atoms with E-state index in [1.54, 1.807) is 11.1 Å². The average Bonchev–Trinajstić information content (AvgIpc) is 2.85. The van der Waals surface area contributed by atoms with E-state index < -0.39 is 0 Å². The molecule has 0 amide bonds. The summed E-state index contributed by atoms with van der Waals surface area (Å²) in [5.41, 5.74) is 7.48. The predicted octanol–water partition coefficient (Wildman–Crippen LogP) is 5.33. The van der Waals surface area contributed by atoms with Crippen LogP contribution in [-0.2, 0) is 23.2 Å². The summed E-state index contributed by atoms with van der Waals surface area (Å²) in [4.78, 5) is 0. The molecule has 0 saturated heterocycles. The van der Waals surface area contributed by atoms with E-state index in [1.807, 2.05) is 0 Å². The summed E-state index contributed by atoms with van der Waals surface area (Å²) < 4.78 is 3.26. The van der Waals surface area contributed by atoms with E-state index in [0.717, 1.165) is 3.63 Å². The van der Waals surface area contributed by atoms with E-state index in [0.29, 0.717) is 0 Å². The van der Waals surface area contributed by atoms with Gasteiger partial charge in [0.2, 0.25) is 0 Å². The average molecular weight is 326 g/mol. The normalized spacial score (nSPS) is 16.9. The van der Waals surface area contributed by atoms with Gasteiger partial charge in [-0.2, -0.15) is 0 Å². The molecule has 2 aromatic rings. The van der Waals surface area contributed by atoms with Crippen LogP contribution in [0.15, 0.2) is 54.1 Å². The van der Waals surface area contributed by atoms with Crippen LogP contribution in [0.5, 0.6) is 0 Å². The van der Waals surface area contributed by atoms with E-state index in [9.17, 15) is 0 Å². The van der Waals surface area contributed by atoms with Gasteiger partial charge in [-0.05, 0) is 0 Å². The van der Waals surface area contributed by atoms with Crippen LogP contribution < -0.4 is 0 Å². The Bertz CT molecular complexity index is 611. The maximum atomic E-state index is 2.46. The van der Waals surface area contributed by atoms with Gasteiger partial charge in [0.25, 0.3) is 0 Å². The van der Waals surface area contributed by atoms with Crippen LogP contribution in [0.1, 0.15) is 28.1 Å². The molecule has 0 aliphatic heterocycles. The summed E-state index contributed by atoms with van der Waals surface area (Å²) in [5.74, 6) is 0. The molecule has 0 aromatic heterocycles. The van der Waals surface area contributed by atoms with Crippen LogP contribution in [0.3, 0.4) is 0 Å². The van der Waals surface area contributed by atoms with Crippen molar-refractivity contribution in [3.05, 3.63) is 65.2 Å². The van der Waals surface area contributed by atoms with Gasteiger partial charge >= 0.3 is 127 Å². The molecule has 0 saturated carbocycles. The van der Waals surface area contributed by atoms with Crippen molar-refractivity contribution in [2.75, 3.05) is 0 Å². The number of hydrogen-bond donors (Lipinski definition) is 0. The van der Waals surface area contributed by atoms with Crippen molar-refractivity contribution in [1.29, 1.82) is 0 Å². The van der Waals surface area contributed by atoms with Gasteiger partial charge in [0.1, 0.15) is 0 Å². The topological polar surface area (TPSA) is 0 Å². The van der Waals surface area contributed by atoms with Crippen LogP contribution in [0.2, 0.25) is 4.63 Å². The molecule has 1 aliphatic rings. The molecule has 0 bridgehead atoms. The third-order valence-corrected chi connectivity index (χ3v) is 7.03. The zero-order valence-electron chi connectivity index (χ0n) is 11.5. The molecule has 0 radical (unpaired) electrons. The third kappa shape index (κ3) is 2.30. The molecular formula is C18H18Zr. The molecule has 1 heteroatoms. The van der Waals surface area contributed by atoms with E-state index >= 15 is 0 Å². The van der Waals surface area contributed by atoms with E-state index in [2.05, 4.69) is 66.2 Å². The standard InChI is InChI=1S/C17H15.CH3.Zr/c1-2-13-11-15-9-6-10-16(17(15)12-13)14-7-4-3-5-8-14;;/h3-12H,2H2,1H3;1H3;. The molecule has 94 valence electrons. The van der Waals surface area contributed by atoms with Crippen molar-refractivity contribution in [3.63, 3.8) is 0 Å². The summed E-state index contributed by atoms with van der Waals surface area (Å²) in [6, 6.07) is 17.6. The third-order valence-electron chi connectivity index (χ3n) is 3.93. The van der Waals surface area contributed by atoms with Crippen LogP contribution in [-0.4, -0.2) is 0 Å². The fourth-order valence-electron chi connectivity index (χ4n) is 2.98. The molecule has 0 N–H and O–H groups in total. The number of rotatable bonds is 3. The number of benzene rings is 2. The maximum absolute atomic E-state index is 2.46. The minimum atomic E-state index is -0.319. The molecule has 19 heavy (non-hydrogen) atoms. The Balaban J connectivity index is 2.16. The Hall–Kier alpha value is -0.937. The molecule has 1 atom stereocenters. The van der Waals surface area contributed by atoms with Crippen LogP contribution in [0, 0.1) is 0 Å². The Kier molecular flexibility index (Phi) is 3.84. The molecule has 2 aromatic carbocycles. The van der Waals surface area contributed by atoms with Crippen molar-refractivity contribution in [3.8, 4) is 11.1 Å². The molecule has 1 aliphatic carbocycles. The van der Waals surface area contributed by atoms with Crippen molar-refractivity contribution in [2.24, 2.45) is 0 Å². The van der Waals surface area contributed by atoms with E-state index in [1.165, 1.54) is 23.1 Å². The Morgan fingerprint density at radius 3 is 2.47 bits per heavy atom. The first-order valence-electron chi connectivity index (χ1n) is 6.91. The van der Waals surface area contributed by atoms with Gasteiger partial charge < -0.3 is 0 Å². The minimum absolute atomic E-state index is 0.319. The first kappa shape index (κ1) is 13.1. The number of allylic oxidation sites excluding steroid dienone is 1. The second kappa shape index (κ2) is 5.59. The zero-order chi connectivity index (χ0) is 13.2. The summed E-state index contributed by atoms with van der Waals surface area (Å²) in [6.07, 6.45) is 3.66. The van der Waals surface area contributed by atoms with Crippen molar-refractivity contribution >= 4 is 6.08 Å². The SMILES string of the molecule is CCC1=Cc2c(-c3ccccc3)cccc2[CH]1[Zr][CH3]. The molecule has 0 fully saturated rings. The quantitative estimate of drug-likeness (QED) is 0.715. The fourth-order valence-corrected chi connectivity index (χ4v) is 5.98. The van der Waals surface area contributed by atoms with Gasteiger partial charge in [0.15, 0.2) is 0 Å². The Labute approximate surface area is 127 Å². The van der Waals surface area contributed by atoms with Gasteiger partial charge in [-0.1, -0.05) is 0 Å². The van der Waals surface area contributed by atoms with Crippen molar-refractivity contribution < 1.29 is 23.2 Å². The van der Waals surface area contributed by atoms with Crippen molar-refractivity contribution in [1.82, 2.24) is 0 Å². The summed E-state index contributed by atoms with van der Waals surface area (Å²) in [7, 11) is 0. The summed E-state index contributed by atoms with van der Waals surface area (Å²) in [5, 5.41) is 0. The molecule has 0 heterocycles. The molecule has 3 rings (SSSR count). The summed E-state index contributed by atoms with van der Waals surface area (Å²) in [6.45, 7) is 2.29. The van der Waals surface area contributed by atoms with Crippen LogP contribution >= 0.6 is 0 Å². The zero-order valence-corrected chi connectivity index (χ0v) is 13.9. The first-order chi connectivity index (χ1) is 9.35. The molecule has 0 spiro atoms. The van der Waals surface area contributed by atoms with Gasteiger partial charge in [0.05, 0.1) is 0 Å². The number of fused-ring (bicyclic) bond motifs is 1. The predicted molar refractivity (Wildman–Crippen MR) is 78.8 cm³/mol. The van der Waals surface area contributed by atoms with Crippen molar-refractivity contribution in [2.45, 2.75) is 21.6 Å². The monoisotopic (exact) mass is 324 g/mol. The van der Waals surface area contributed by atoms with E-state index in [-0.39, 0.29) is 23.2 Å². The molecule has 1 unspecified atom stereocenters.